The number of carbonyl (C=O) groups is 2. The van der Waals surface area contributed by atoms with E-state index in [4.69, 9.17) is 9.47 Å². The van der Waals surface area contributed by atoms with Crippen molar-refractivity contribution in [3.8, 4) is 0 Å². The van der Waals surface area contributed by atoms with Crippen molar-refractivity contribution in [1.82, 2.24) is 0 Å². The molecule has 0 aliphatic rings. The second-order valence-corrected chi connectivity index (χ2v) is 4.87. The lowest BCUT2D eigenvalue weighted by Gasteiger charge is -2.12. The summed E-state index contributed by atoms with van der Waals surface area (Å²) in [6.07, 6.45) is 2.65. The molecule has 0 bridgehead atoms. The molecular formula is C15H20O4S. The van der Waals surface area contributed by atoms with Crippen molar-refractivity contribution in [2.75, 3.05) is 19.5 Å². The van der Waals surface area contributed by atoms with E-state index in [2.05, 4.69) is 0 Å². The molecular weight excluding hydrogens is 276 g/mol. The number of hydrogen-bond acceptors (Lipinski definition) is 5. The van der Waals surface area contributed by atoms with Crippen molar-refractivity contribution in [2.24, 2.45) is 0 Å². The molecule has 0 atom stereocenters. The molecule has 0 radical (unpaired) electrons. The van der Waals surface area contributed by atoms with Gasteiger partial charge in [-0.1, -0.05) is 12.1 Å². The van der Waals surface area contributed by atoms with E-state index in [0.717, 1.165) is 10.5 Å². The van der Waals surface area contributed by atoms with Gasteiger partial charge in [0.1, 0.15) is 0 Å². The first-order valence-corrected chi connectivity index (χ1v) is 7.85. The van der Waals surface area contributed by atoms with E-state index < -0.39 is 0 Å². The third kappa shape index (κ3) is 4.56. The lowest BCUT2D eigenvalue weighted by molar-refractivity contribution is -0.143. The van der Waals surface area contributed by atoms with Crippen LogP contribution in [0.4, 0.5) is 0 Å². The van der Waals surface area contributed by atoms with Crippen LogP contribution in [-0.4, -0.2) is 31.4 Å². The van der Waals surface area contributed by atoms with Crippen molar-refractivity contribution in [1.29, 1.82) is 0 Å². The number of esters is 2. The lowest BCUT2D eigenvalue weighted by atomic mass is 10.0. The topological polar surface area (TPSA) is 52.6 Å². The largest absolute Gasteiger partial charge is 0.466 e. The Bertz CT molecular complexity index is 471. The second-order valence-electron chi connectivity index (χ2n) is 4.02. The first-order chi connectivity index (χ1) is 9.63. The molecule has 0 aliphatic heterocycles. The smallest absolute Gasteiger partial charge is 0.339 e. The zero-order chi connectivity index (χ0) is 15.0. The molecule has 0 heterocycles. The number of hydrogen-bond donors (Lipinski definition) is 0. The molecule has 110 valence electrons. The molecule has 0 fully saturated rings. The molecule has 0 aliphatic carbocycles. The van der Waals surface area contributed by atoms with Crippen LogP contribution in [0.15, 0.2) is 23.1 Å². The average Bonchev–Trinajstić information content (AvgIpc) is 2.45. The van der Waals surface area contributed by atoms with Gasteiger partial charge in [-0.25, -0.2) is 4.79 Å². The van der Waals surface area contributed by atoms with Crippen molar-refractivity contribution in [3.05, 3.63) is 29.3 Å². The van der Waals surface area contributed by atoms with Gasteiger partial charge in [-0.3, -0.25) is 4.79 Å². The van der Waals surface area contributed by atoms with Crippen LogP contribution in [0, 0.1) is 0 Å². The van der Waals surface area contributed by atoms with E-state index in [1.54, 1.807) is 13.8 Å². The number of rotatable bonds is 7. The Hall–Kier alpha value is -1.49. The molecule has 1 rings (SSSR count). The Balaban J connectivity index is 2.94. The van der Waals surface area contributed by atoms with E-state index in [0.29, 0.717) is 25.2 Å². The van der Waals surface area contributed by atoms with Crippen LogP contribution in [0.25, 0.3) is 0 Å². The van der Waals surface area contributed by atoms with E-state index in [1.165, 1.54) is 11.8 Å². The molecule has 0 unspecified atom stereocenters. The van der Waals surface area contributed by atoms with Crippen LogP contribution < -0.4 is 0 Å². The van der Waals surface area contributed by atoms with Crippen LogP contribution in [0.2, 0.25) is 0 Å². The van der Waals surface area contributed by atoms with E-state index in [9.17, 15) is 9.59 Å². The van der Waals surface area contributed by atoms with Gasteiger partial charge in [-0.15, -0.1) is 11.8 Å². The summed E-state index contributed by atoms with van der Waals surface area (Å²) in [6.45, 7) is 4.25. The molecule has 0 spiro atoms. The fourth-order valence-electron chi connectivity index (χ4n) is 1.86. The highest BCUT2D eigenvalue weighted by Crippen LogP contribution is 2.25. The quantitative estimate of drug-likeness (QED) is 0.571. The fourth-order valence-corrected chi connectivity index (χ4v) is 2.49. The Morgan fingerprint density at radius 3 is 2.45 bits per heavy atom. The molecule has 0 amide bonds. The van der Waals surface area contributed by atoms with Gasteiger partial charge < -0.3 is 9.47 Å². The monoisotopic (exact) mass is 296 g/mol. The number of benzene rings is 1. The van der Waals surface area contributed by atoms with Gasteiger partial charge in [0.15, 0.2) is 0 Å². The zero-order valence-electron chi connectivity index (χ0n) is 12.1. The van der Waals surface area contributed by atoms with Crippen LogP contribution in [-0.2, 0) is 20.7 Å². The maximum absolute atomic E-state index is 12.1. The summed E-state index contributed by atoms with van der Waals surface area (Å²) in [7, 11) is 0. The Morgan fingerprint density at radius 2 is 1.85 bits per heavy atom. The lowest BCUT2D eigenvalue weighted by Crippen LogP contribution is -2.12. The zero-order valence-corrected chi connectivity index (χ0v) is 12.9. The fraction of sp³-hybridized carbons (Fsp3) is 0.467. The number of carbonyl (C=O) groups excluding carboxylic acids is 2. The average molecular weight is 296 g/mol. The molecule has 4 nitrogen and oxygen atoms in total. The minimum atomic E-state index is -0.337. The molecule has 5 heteroatoms. The van der Waals surface area contributed by atoms with Gasteiger partial charge >= 0.3 is 11.9 Å². The second kappa shape index (κ2) is 8.64. The van der Waals surface area contributed by atoms with Crippen LogP contribution in [0.1, 0.15) is 36.2 Å². The highest BCUT2D eigenvalue weighted by molar-refractivity contribution is 7.98. The van der Waals surface area contributed by atoms with Crippen molar-refractivity contribution in [2.45, 2.75) is 31.6 Å². The Kier molecular flexibility index (Phi) is 7.15. The maximum Gasteiger partial charge on any atom is 0.339 e. The minimum absolute atomic E-state index is 0.253. The molecule has 0 aromatic heterocycles. The summed E-state index contributed by atoms with van der Waals surface area (Å²) >= 11 is 1.49. The van der Waals surface area contributed by atoms with Crippen molar-refractivity contribution >= 4 is 23.7 Å². The standard InChI is InChI=1S/C15H20O4S/c1-4-18-13(16)10-9-11-7-6-8-12(20-3)14(11)15(17)19-5-2/h6-8H,4-5,9-10H2,1-3H3. The van der Waals surface area contributed by atoms with Gasteiger partial charge in [-0.05, 0) is 38.2 Å². The van der Waals surface area contributed by atoms with Gasteiger partial charge in [0.25, 0.3) is 0 Å². The van der Waals surface area contributed by atoms with Crippen molar-refractivity contribution < 1.29 is 19.1 Å². The van der Waals surface area contributed by atoms with Gasteiger partial charge in [0.05, 0.1) is 18.8 Å². The Labute approximate surface area is 123 Å². The molecule has 0 saturated carbocycles. The number of ether oxygens (including phenoxy) is 2. The normalized spacial score (nSPS) is 10.2. The maximum atomic E-state index is 12.1. The first kappa shape index (κ1) is 16.6. The van der Waals surface area contributed by atoms with Crippen LogP contribution in [0.3, 0.4) is 0 Å². The van der Waals surface area contributed by atoms with Gasteiger partial charge in [0, 0.05) is 11.3 Å². The summed E-state index contributed by atoms with van der Waals surface area (Å²) in [4.78, 5) is 24.4. The predicted octanol–water partition coefficient (Wildman–Crippen LogP) is 3.08. The summed E-state index contributed by atoms with van der Waals surface area (Å²) in [5.74, 6) is -0.590. The summed E-state index contributed by atoms with van der Waals surface area (Å²) in [6, 6.07) is 5.62. The number of thioether (sulfide) groups is 1. The summed E-state index contributed by atoms with van der Waals surface area (Å²) in [5.41, 5.74) is 1.38. The van der Waals surface area contributed by atoms with Gasteiger partial charge in [0.2, 0.25) is 0 Å². The molecule has 20 heavy (non-hydrogen) atoms. The molecule has 1 aromatic carbocycles. The predicted molar refractivity (Wildman–Crippen MR) is 79.1 cm³/mol. The highest BCUT2D eigenvalue weighted by atomic mass is 32.2. The molecule has 1 aromatic rings. The van der Waals surface area contributed by atoms with Crippen LogP contribution >= 0.6 is 11.8 Å². The van der Waals surface area contributed by atoms with Crippen molar-refractivity contribution in [3.63, 3.8) is 0 Å². The summed E-state index contributed by atoms with van der Waals surface area (Å²) in [5, 5.41) is 0. The summed E-state index contributed by atoms with van der Waals surface area (Å²) < 4.78 is 10.0. The number of aryl methyl sites for hydroxylation is 1. The van der Waals surface area contributed by atoms with Crippen LogP contribution in [0.5, 0.6) is 0 Å². The highest BCUT2D eigenvalue weighted by Gasteiger charge is 2.17. The third-order valence-corrected chi connectivity index (χ3v) is 3.50. The van der Waals surface area contributed by atoms with Gasteiger partial charge in [-0.2, -0.15) is 0 Å². The van der Waals surface area contributed by atoms with E-state index >= 15 is 0 Å². The first-order valence-electron chi connectivity index (χ1n) is 6.62. The molecule has 0 N–H and O–H groups in total. The molecule has 0 saturated heterocycles. The Morgan fingerprint density at radius 1 is 1.15 bits per heavy atom. The van der Waals surface area contributed by atoms with E-state index in [-0.39, 0.29) is 18.4 Å². The van der Waals surface area contributed by atoms with E-state index in [1.807, 2.05) is 24.5 Å². The minimum Gasteiger partial charge on any atom is -0.466 e. The SMILES string of the molecule is CCOC(=O)CCc1cccc(SC)c1C(=O)OCC. The third-order valence-electron chi connectivity index (χ3n) is 2.72.